The molecule has 2 atom stereocenters. The first-order chi connectivity index (χ1) is 7.58. The Bertz CT molecular complexity index is 302. The summed E-state index contributed by atoms with van der Waals surface area (Å²) in [5, 5.41) is 11.4. The van der Waals surface area contributed by atoms with Gasteiger partial charge in [0.1, 0.15) is 0 Å². The van der Waals surface area contributed by atoms with Gasteiger partial charge in [0.25, 0.3) is 0 Å². The molecule has 0 bridgehead atoms. The second kappa shape index (κ2) is 4.31. The molecule has 2 amide bonds. The van der Waals surface area contributed by atoms with E-state index in [4.69, 9.17) is 5.11 Å². The Kier molecular flexibility index (Phi) is 3.03. The van der Waals surface area contributed by atoms with Crippen LogP contribution in [0.1, 0.15) is 25.7 Å². The van der Waals surface area contributed by atoms with E-state index < -0.39 is 5.97 Å². The van der Waals surface area contributed by atoms with Crippen molar-refractivity contribution >= 4 is 12.0 Å². The van der Waals surface area contributed by atoms with Crippen molar-refractivity contribution in [1.82, 2.24) is 10.2 Å². The van der Waals surface area contributed by atoms with Gasteiger partial charge in [0.2, 0.25) is 0 Å². The van der Waals surface area contributed by atoms with Gasteiger partial charge in [-0.1, -0.05) is 0 Å². The van der Waals surface area contributed by atoms with Crippen molar-refractivity contribution < 1.29 is 14.7 Å². The quantitative estimate of drug-likeness (QED) is 0.731. The van der Waals surface area contributed by atoms with Gasteiger partial charge in [0.15, 0.2) is 0 Å². The Hall–Kier alpha value is -1.26. The van der Waals surface area contributed by atoms with Crippen LogP contribution in [0.2, 0.25) is 0 Å². The number of nitrogens with zero attached hydrogens (tertiary/aromatic N) is 1. The Morgan fingerprint density at radius 1 is 1.44 bits per heavy atom. The molecular weight excluding hydrogens is 208 g/mol. The van der Waals surface area contributed by atoms with Crippen molar-refractivity contribution in [1.29, 1.82) is 0 Å². The number of carboxylic acid groups (broad SMARTS) is 1. The number of nitrogens with one attached hydrogen (secondary N) is 1. The van der Waals surface area contributed by atoms with Crippen molar-refractivity contribution in [3.05, 3.63) is 0 Å². The number of hydrogen-bond donors (Lipinski definition) is 2. The monoisotopic (exact) mass is 226 g/mol. The zero-order chi connectivity index (χ0) is 11.7. The summed E-state index contributed by atoms with van der Waals surface area (Å²) >= 11 is 0. The van der Waals surface area contributed by atoms with Crippen LogP contribution < -0.4 is 5.32 Å². The average molecular weight is 226 g/mol. The first-order valence-corrected chi connectivity index (χ1v) is 5.81. The number of carbonyl (C=O) groups excluding carboxylic acids is 1. The lowest BCUT2D eigenvalue weighted by Crippen LogP contribution is -2.40. The number of carboxylic acids is 1. The fraction of sp³-hybridized carbons (Fsp3) is 0.818. The number of carbonyl (C=O) groups is 2. The van der Waals surface area contributed by atoms with Crippen LogP contribution in [0.15, 0.2) is 0 Å². The molecule has 0 aromatic carbocycles. The largest absolute Gasteiger partial charge is 0.481 e. The van der Waals surface area contributed by atoms with Crippen molar-refractivity contribution in [3.8, 4) is 0 Å². The van der Waals surface area contributed by atoms with Crippen molar-refractivity contribution in [3.63, 3.8) is 0 Å². The van der Waals surface area contributed by atoms with E-state index in [9.17, 15) is 9.59 Å². The molecule has 2 N–H and O–H groups in total. The summed E-state index contributed by atoms with van der Waals surface area (Å²) in [4.78, 5) is 23.4. The summed E-state index contributed by atoms with van der Waals surface area (Å²) in [6.45, 7) is 0.266. The van der Waals surface area contributed by atoms with Crippen LogP contribution in [0.5, 0.6) is 0 Å². The van der Waals surface area contributed by atoms with Gasteiger partial charge in [-0.2, -0.15) is 0 Å². The molecule has 0 aromatic rings. The molecule has 0 unspecified atom stereocenters. The van der Waals surface area contributed by atoms with Gasteiger partial charge in [-0.15, -0.1) is 0 Å². The zero-order valence-corrected chi connectivity index (χ0v) is 9.48. The van der Waals surface area contributed by atoms with Crippen LogP contribution in [-0.2, 0) is 4.79 Å². The van der Waals surface area contributed by atoms with Crippen molar-refractivity contribution in [2.24, 2.45) is 11.8 Å². The Morgan fingerprint density at radius 3 is 2.69 bits per heavy atom. The minimum Gasteiger partial charge on any atom is -0.481 e. The maximum atomic E-state index is 11.6. The lowest BCUT2D eigenvalue weighted by Gasteiger charge is -2.16. The van der Waals surface area contributed by atoms with Crippen LogP contribution in [0.4, 0.5) is 4.79 Å². The smallest absolute Gasteiger partial charge is 0.317 e. The highest BCUT2D eigenvalue weighted by Crippen LogP contribution is 2.49. The molecule has 90 valence electrons. The third-order valence-electron chi connectivity index (χ3n) is 3.38. The molecule has 2 rings (SSSR count). The average Bonchev–Trinajstić information content (AvgIpc) is 3.04. The summed E-state index contributed by atoms with van der Waals surface area (Å²) in [7, 11) is 1.63. The molecule has 2 fully saturated rings. The number of aliphatic carboxylic acids is 1. The summed E-state index contributed by atoms with van der Waals surface area (Å²) in [6.07, 6.45) is 3.72. The molecule has 2 saturated carbocycles. The summed E-state index contributed by atoms with van der Waals surface area (Å²) in [5.74, 6) is 0.661. The van der Waals surface area contributed by atoms with Gasteiger partial charge in [-0.25, -0.2) is 4.79 Å². The maximum Gasteiger partial charge on any atom is 0.317 e. The van der Waals surface area contributed by atoms with E-state index in [-0.39, 0.29) is 19.0 Å². The van der Waals surface area contributed by atoms with Crippen LogP contribution in [0.25, 0.3) is 0 Å². The predicted octanol–water partition coefficient (Wildman–Crippen LogP) is 0.901. The van der Waals surface area contributed by atoms with E-state index in [1.807, 2.05) is 0 Å². The fourth-order valence-corrected chi connectivity index (χ4v) is 2.06. The number of urea groups is 1. The molecule has 0 aromatic heterocycles. The fourth-order valence-electron chi connectivity index (χ4n) is 2.06. The highest BCUT2D eigenvalue weighted by molar-refractivity contribution is 5.75. The van der Waals surface area contributed by atoms with E-state index >= 15 is 0 Å². The highest BCUT2D eigenvalue weighted by Gasteiger charge is 2.48. The van der Waals surface area contributed by atoms with E-state index in [2.05, 4.69) is 5.32 Å². The maximum absolute atomic E-state index is 11.6. The lowest BCUT2D eigenvalue weighted by molar-refractivity contribution is -0.137. The standard InChI is InChI=1S/C11H18N2O3/c1-13(5-4-10(14)15)11(16)12-9-6-8(9)7-2-3-7/h7-9H,2-6H2,1H3,(H,12,16)(H,14,15)/t8-,9+/m0/s1. The molecule has 2 aliphatic rings. The molecule has 5 nitrogen and oxygen atoms in total. The minimum atomic E-state index is -0.873. The molecular formula is C11H18N2O3. The second-order valence-electron chi connectivity index (χ2n) is 4.86. The Balaban J connectivity index is 1.65. The molecule has 0 spiro atoms. The summed E-state index contributed by atoms with van der Waals surface area (Å²) in [5.41, 5.74) is 0. The Morgan fingerprint density at radius 2 is 2.12 bits per heavy atom. The van der Waals surface area contributed by atoms with Crippen molar-refractivity contribution in [2.75, 3.05) is 13.6 Å². The zero-order valence-electron chi connectivity index (χ0n) is 9.48. The third kappa shape index (κ3) is 2.87. The number of hydrogen-bond acceptors (Lipinski definition) is 2. The first-order valence-electron chi connectivity index (χ1n) is 5.81. The molecule has 0 radical (unpaired) electrons. The summed E-state index contributed by atoms with van der Waals surface area (Å²) < 4.78 is 0. The second-order valence-corrected chi connectivity index (χ2v) is 4.86. The van der Waals surface area contributed by atoms with E-state index in [0.29, 0.717) is 12.0 Å². The summed E-state index contributed by atoms with van der Waals surface area (Å²) in [6, 6.07) is 0.196. The lowest BCUT2D eigenvalue weighted by atomic mass is 10.3. The van der Waals surface area contributed by atoms with Gasteiger partial charge in [0, 0.05) is 19.6 Å². The normalized spacial score (nSPS) is 27.3. The predicted molar refractivity (Wildman–Crippen MR) is 58.0 cm³/mol. The first kappa shape index (κ1) is 11.2. The van der Waals surface area contributed by atoms with E-state index in [1.54, 1.807) is 7.05 Å². The molecule has 0 saturated heterocycles. The van der Waals surface area contributed by atoms with Gasteiger partial charge in [-0.05, 0) is 31.1 Å². The minimum absolute atomic E-state index is 0.000635. The van der Waals surface area contributed by atoms with E-state index in [1.165, 1.54) is 17.7 Å². The molecule has 2 aliphatic carbocycles. The van der Waals surface area contributed by atoms with Crippen LogP contribution >= 0.6 is 0 Å². The van der Waals surface area contributed by atoms with Crippen LogP contribution in [0.3, 0.4) is 0 Å². The number of rotatable bonds is 5. The topological polar surface area (TPSA) is 69.6 Å². The van der Waals surface area contributed by atoms with Gasteiger partial charge >= 0.3 is 12.0 Å². The third-order valence-corrected chi connectivity index (χ3v) is 3.38. The SMILES string of the molecule is CN(CCC(=O)O)C(=O)N[C@@H]1C[C@H]1C1CC1. The molecule has 0 aliphatic heterocycles. The Labute approximate surface area is 94.8 Å². The van der Waals surface area contributed by atoms with Gasteiger partial charge in [-0.3, -0.25) is 4.79 Å². The highest BCUT2D eigenvalue weighted by atomic mass is 16.4. The van der Waals surface area contributed by atoms with Crippen LogP contribution in [0, 0.1) is 11.8 Å². The number of amides is 2. The van der Waals surface area contributed by atoms with E-state index in [0.717, 1.165) is 12.3 Å². The molecule has 5 heteroatoms. The molecule has 16 heavy (non-hydrogen) atoms. The van der Waals surface area contributed by atoms with Gasteiger partial charge in [0.05, 0.1) is 6.42 Å². The molecule has 0 heterocycles. The van der Waals surface area contributed by atoms with Gasteiger partial charge < -0.3 is 15.3 Å². The van der Waals surface area contributed by atoms with Crippen molar-refractivity contribution in [2.45, 2.75) is 31.7 Å². The van der Waals surface area contributed by atoms with Crippen LogP contribution in [-0.4, -0.2) is 41.6 Å².